The maximum atomic E-state index is 5.52. The van der Waals surface area contributed by atoms with Crippen molar-refractivity contribution in [2.45, 2.75) is 6.92 Å². The second-order valence-electron chi connectivity index (χ2n) is 2.92. The van der Waals surface area contributed by atoms with E-state index in [1.54, 1.807) is 0 Å². The number of hydrogen-bond acceptors (Lipinski definition) is 2. The molecule has 0 unspecified atom stereocenters. The molecule has 0 saturated carbocycles. The molecule has 10 heavy (non-hydrogen) atoms. The van der Waals surface area contributed by atoms with E-state index in [0.717, 1.165) is 19.8 Å². The van der Waals surface area contributed by atoms with E-state index in [1.165, 1.54) is 0 Å². The van der Waals surface area contributed by atoms with Crippen molar-refractivity contribution in [1.82, 2.24) is 0 Å². The molecule has 3 heteroatoms. The normalized spacial score (nSPS) is 12.0. The number of rotatable bonds is 5. The van der Waals surface area contributed by atoms with Gasteiger partial charge in [0.05, 0.1) is 26.6 Å². The molecule has 0 fully saturated rings. The lowest BCUT2D eigenvalue weighted by Crippen LogP contribution is -2.03. The minimum absolute atomic E-state index is 0.730. The molecule has 0 heterocycles. The van der Waals surface area contributed by atoms with Gasteiger partial charge in [-0.3, -0.25) is 0 Å². The maximum Gasteiger partial charge on any atom is 0.136 e. The standard InChI is InChI=1S/C7H18O2P/c1-5-8-6-7-9-10(2,3)4/h5-7H2,1-4H3/q+1. The smallest absolute Gasteiger partial charge is 0.136 e. The van der Waals surface area contributed by atoms with Crippen molar-refractivity contribution in [1.29, 1.82) is 0 Å². The first kappa shape index (κ1) is 10.3. The van der Waals surface area contributed by atoms with Crippen LogP contribution in [-0.2, 0) is 9.26 Å². The summed E-state index contributed by atoms with van der Waals surface area (Å²) in [5.41, 5.74) is 0. The zero-order valence-corrected chi connectivity index (χ0v) is 8.28. The van der Waals surface area contributed by atoms with Crippen molar-refractivity contribution >= 4 is 7.49 Å². The highest BCUT2D eigenvalue weighted by atomic mass is 31.2. The molecule has 0 spiro atoms. The topological polar surface area (TPSA) is 18.5 Å². The van der Waals surface area contributed by atoms with Crippen molar-refractivity contribution < 1.29 is 9.26 Å². The van der Waals surface area contributed by atoms with Crippen molar-refractivity contribution in [3.8, 4) is 0 Å². The summed E-state index contributed by atoms with van der Waals surface area (Å²) >= 11 is 0. The van der Waals surface area contributed by atoms with Crippen molar-refractivity contribution in [3.05, 3.63) is 0 Å². The maximum absolute atomic E-state index is 5.52. The highest BCUT2D eigenvalue weighted by Gasteiger charge is 2.17. The van der Waals surface area contributed by atoms with E-state index in [-0.39, 0.29) is 0 Å². The fourth-order valence-corrected chi connectivity index (χ4v) is 1.14. The summed E-state index contributed by atoms with van der Waals surface area (Å²) in [5, 5.41) is 0. The lowest BCUT2D eigenvalue weighted by atomic mass is 10.8. The van der Waals surface area contributed by atoms with Gasteiger partial charge in [-0.15, -0.1) is 0 Å². The van der Waals surface area contributed by atoms with Crippen molar-refractivity contribution in [2.75, 3.05) is 39.8 Å². The molecule has 2 nitrogen and oxygen atoms in total. The van der Waals surface area contributed by atoms with E-state index in [2.05, 4.69) is 20.0 Å². The Balaban J connectivity index is 3.04. The zero-order valence-electron chi connectivity index (χ0n) is 7.39. The van der Waals surface area contributed by atoms with Crippen LogP contribution in [0.25, 0.3) is 0 Å². The fourth-order valence-electron chi connectivity index (χ4n) is 0.514. The van der Waals surface area contributed by atoms with Gasteiger partial charge >= 0.3 is 0 Å². The van der Waals surface area contributed by atoms with E-state index in [4.69, 9.17) is 9.26 Å². The Hall–Kier alpha value is 0.350. The molecule has 0 aromatic heterocycles. The summed E-state index contributed by atoms with van der Waals surface area (Å²) in [5.74, 6) is 0. The average molecular weight is 165 g/mol. The predicted octanol–water partition coefficient (Wildman–Crippen LogP) is 1.86. The van der Waals surface area contributed by atoms with Crippen LogP contribution in [0.2, 0.25) is 0 Å². The Bertz CT molecular complexity index is 78.2. The molecule has 0 N–H and O–H groups in total. The van der Waals surface area contributed by atoms with Gasteiger partial charge in [-0.1, -0.05) is 0 Å². The molecule has 0 aromatic rings. The minimum atomic E-state index is -1.04. The van der Waals surface area contributed by atoms with E-state index in [0.29, 0.717) is 0 Å². The molecule has 0 atom stereocenters. The zero-order chi connectivity index (χ0) is 8.04. The third kappa shape index (κ3) is 8.35. The monoisotopic (exact) mass is 165 g/mol. The molecule has 0 rings (SSSR count). The Morgan fingerprint density at radius 1 is 1.10 bits per heavy atom. The largest absolute Gasteiger partial charge is 0.379 e. The Kier molecular flexibility index (Phi) is 5.24. The van der Waals surface area contributed by atoms with Crippen molar-refractivity contribution in [3.63, 3.8) is 0 Å². The fraction of sp³-hybridized carbons (Fsp3) is 1.00. The van der Waals surface area contributed by atoms with Crippen LogP contribution < -0.4 is 0 Å². The third-order valence-corrected chi connectivity index (χ3v) is 1.87. The predicted molar refractivity (Wildman–Crippen MR) is 47.1 cm³/mol. The molecule has 62 valence electrons. The van der Waals surface area contributed by atoms with Crippen LogP contribution in [0.3, 0.4) is 0 Å². The van der Waals surface area contributed by atoms with Crippen LogP contribution >= 0.6 is 7.49 Å². The van der Waals surface area contributed by atoms with E-state index in [9.17, 15) is 0 Å². The molecule has 0 aliphatic rings. The first-order chi connectivity index (χ1) is 4.56. The van der Waals surface area contributed by atoms with Crippen molar-refractivity contribution in [2.24, 2.45) is 0 Å². The summed E-state index contributed by atoms with van der Waals surface area (Å²) in [6.07, 6.45) is 0. The first-order valence-corrected chi connectivity index (χ1v) is 6.65. The third-order valence-electron chi connectivity index (χ3n) is 0.910. The average Bonchev–Trinajstić information content (AvgIpc) is 1.78. The lowest BCUT2D eigenvalue weighted by Gasteiger charge is -2.10. The SMILES string of the molecule is CCOCCO[P+](C)(C)C. The van der Waals surface area contributed by atoms with Gasteiger partial charge in [-0.05, 0) is 6.92 Å². The molecular formula is C7H18O2P+. The summed E-state index contributed by atoms with van der Waals surface area (Å²) in [7, 11) is -1.04. The molecule has 0 aliphatic heterocycles. The molecule has 0 radical (unpaired) electrons. The van der Waals surface area contributed by atoms with Gasteiger partial charge in [0.1, 0.15) is 14.1 Å². The second-order valence-corrected chi connectivity index (χ2v) is 6.96. The summed E-state index contributed by atoms with van der Waals surface area (Å²) in [6, 6.07) is 0. The molecule has 0 saturated heterocycles. The molecule has 0 amide bonds. The van der Waals surface area contributed by atoms with Gasteiger partial charge in [0.15, 0.2) is 0 Å². The van der Waals surface area contributed by atoms with Gasteiger partial charge in [0.25, 0.3) is 0 Å². The van der Waals surface area contributed by atoms with Crippen LogP contribution in [0.4, 0.5) is 0 Å². The molecular weight excluding hydrogens is 147 g/mol. The van der Waals surface area contributed by atoms with Crippen LogP contribution in [0.5, 0.6) is 0 Å². The van der Waals surface area contributed by atoms with Crippen LogP contribution in [0.1, 0.15) is 6.92 Å². The summed E-state index contributed by atoms with van der Waals surface area (Å²) < 4.78 is 10.6. The highest BCUT2D eigenvalue weighted by Crippen LogP contribution is 2.47. The van der Waals surface area contributed by atoms with E-state index < -0.39 is 7.49 Å². The van der Waals surface area contributed by atoms with Crippen LogP contribution in [0, 0.1) is 0 Å². The molecule has 0 aromatic carbocycles. The summed E-state index contributed by atoms with van der Waals surface area (Å²) in [6.45, 7) is 10.7. The summed E-state index contributed by atoms with van der Waals surface area (Å²) in [4.78, 5) is 0. The molecule has 0 aliphatic carbocycles. The number of hydrogen-bond donors (Lipinski definition) is 0. The van der Waals surface area contributed by atoms with Gasteiger partial charge in [-0.25, -0.2) is 4.52 Å². The van der Waals surface area contributed by atoms with Crippen LogP contribution in [0.15, 0.2) is 0 Å². The quantitative estimate of drug-likeness (QED) is 0.457. The van der Waals surface area contributed by atoms with Gasteiger partial charge in [0.2, 0.25) is 0 Å². The Morgan fingerprint density at radius 3 is 2.10 bits per heavy atom. The van der Waals surface area contributed by atoms with Gasteiger partial charge in [-0.2, -0.15) is 0 Å². The lowest BCUT2D eigenvalue weighted by molar-refractivity contribution is 0.114. The Morgan fingerprint density at radius 2 is 1.70 bits per heavy atom. The van der Waals surface area contributed by atoms with Gasteiger partial charge < -0.3 is 4.74 Å². The second kappa shape index (κ2) is 5.06. The number of ether oxygens (including phenoxy) is 1. The molecule has 0 bridgehead atoms. The van der Waals surface area contributed by atoms with E-state index >= 15 is 0 Å². The van der Waals surface area contributed by atoms with Crippen LogP contribution in [-0.4, -0.2) is 39.8 Å². The highest BCUT2D eigenvalue weighted by molar-refractivity contribution is 7.69. The minimum Gasteiger partial charge on any atom is -0.379 e. The first-order valence-electron chi connectivity index (χ1n) is 3.60. The Labute approximate surface area is 64.3 Å². The van der Waals surface area contributed by atoms with E-state index in [1.807, 2.05) is 6.92 Å². The van der Waals surface area contributed by atoms with Gasteiger partial charge in [0, 0.05) is 6.61 Å².